The molecule has 0 spiro atoms. The van der Waals surface area contributed by atoms with Crippen molar-refractivity contribution in [2.45, 2.75) is 57.9 Å². The van der Waals surface area contributed by atoms with E-state index in [1.54, 1.807) is 12.1 Å². The molecule has 1 atom stereocenters. The molecule has 0 unspecified atom stereocenters. The molecule has 2 heterocycles. The number of rotatable bonds is 11. The Kier molecular flexibility index (Phi) is 9.08. The van der Waals surface area contributed by atoms with Gasteiger partial charge in [-0.1, -0.05) is 11.5 Å². The fourth-order valence-corrected chi connectivity index (χ4v) is 6.11. The van der Waals surface area contributed by atoms with Gasteiger partial charge in [0.2, 0.25) is 21.7 Å². The zero-order valence-corrected chi connectivity index (χ0v) is 23.4. The van der Waals surface area contributed by atoms with Crippen LogP contribution in [0.25, 0.3) is 11.5 Å². The fraction of sp³-hybridized carbons (Fsp3) is 0.444. The number of sulfonamides is 1. The molecule has 1 aliphatic heterocycles. The summed E-state index contributed by atoms with van der Waals surface area (Å²) in [5.41, 5.74) is 0.776. The van der Waals surface area contributed by atoms with Gasteiger partial charge in [0.05, 0.1) is 24.7 Å². The molecule has 0 aliphatic carbocycles. The Morgan fingerprint density at radius 3 is 2.23 bits per heavy atom. The fourth-order valence-electron chi connectivity index (χ4n) is 4.41. The van der Waals surface area contributed by atoms with Crippen LogP contribution in [0.15, 0.2) is 45.7 Å². The summed E-state index contributed by atoms with van der Waals surface area (Å²) < 4.78 is 50.5. The van der Waals surface area contributed by atoms with Crippen LogP contribution >= 0.6 is 0 Å². The van der Waals surface area contributed by atoms with Crippen LogP contribution in [0.4, 0.5) is 6.01 Å². The largest absolute Gasteiger partial charge is 0.490 e. The van der Waals surface area contributed by atoms with Gasteiger partial charge in [0.1, 0.15) is 0 Å². The number of aromatic nitrogens is 2. The summed E-state index contributed by atoms with van der Waals surface area (Å²) in [6, 6.07) is 9.05. The van der Waals surface area contributed by atoms with Crippen LogP contribution in [0.5, 0.6) is 17.2 Å². The third-order valence-corrected chi connectivity index (χ3v) is 8.29. The molecule has 1 fully saturated rings. The number of piperidine rings is 1. The van der Waals surface area contributed by atoms with Crippen LogP contribution in [-0.4, -0.2) is 61.2 Å². The average molecular weight is 559 g/mol. The second-order valence-electron chi connectivity index (χ2n) is 8.95. The maximum absolute atomic E-state index is 13.1. The Labute approximate surface area is 228 Å². The summed E-state index contributed by atoms with van der Waals surface area (Å²) in [4.78, 5) is 13.0. The van der Waals surface area contributed by atoms with E-state index in [4.69, 9.17) is 18.6 Å². The predicted molar refractivity (Wildman–Crippen MR) is 145 cm³/mol. The van der Waals surface area contributed by atoms with Gasteiger partial charge >= 0.3 is 6.01 Å². The molecule has 39 heavy (non-hydrogen) atoms. The topological polar surface area (TPSA) is 133 Å². The molecular weight excluding hydrogens is 524 g/mol. The highest BCUT2D eigenvalue weighted by atomic mass is 32.2. The first-order chi connectivity index (χ1) is 18.8. The first-order valence-electron chi connectivity index (χ1n) is 13.1. The Balaban J connectivity index is 1.51. The lowest BCUT2D eigenvalue weighted by molar-refractivity contribution is 0.102. The normalized spacial score (nSPS) is 16.1. The van der Waals surface area contributed by atoms with Gasteiger partial charge in [-0.2, -0.15) is 4.31 Å². The SMILES string of the molecule is CCOc1cc(-c2nnc(NC(=O)c3ccc(S(=O)(=O)N4CCCC[C@H]4C)cc3)o2)cc(OCC)c1OCC. The number of hydrogen-bond acceptors (Lipinski definition) is 9. The number of nitrogens with zero attached hydrogens (tertiary/aromatic N) is 3. The van der Waals surface area contributed by atoms with E-state index in [1.165, 1.54) is 28.6 Å². The molecule has 1 aliphatic rings. The van der Waals surface area contributed by atoms with Crippen LogP contribution < -0.4 is 19.5 Å². The van der Waals surface area contributed by atoms with Crippen LogP contribution in [0.2, 0.25) is 0 Å². The van der Waals surface area contributed by atoms with Crippen molar-refractivity contribution in [3.63, 3.8) is 0 Å². The number of ether oxygens (including phenoxy) is 3. The summed E-state index contributed by atoms with van der Waals surface area (Å²) in [6.45, 7) is 9.26. The van der Waals surface area contributed by atoms with E-state index in [2.05, 4.69) is 15.5 Å². The highest BCUT2D eigenvalue weighted by Gasteiger charge is 2.31. The van der Waals surface area contributed by atoms with E-state index in [9.17, 15) is 13.2 Å². The molecule has 1 amide bonds. The molecule has 12 heteroatoms. The summed E-state index contributed by atoms with van der Waals surface area (Å²) >= 11 is 0. The average Bonchev–Trinajstić information content (AvgIpc) is 3.39. The molecular formula is C27H34N4O7S. The molecule has 1 N–H and O–H groups in total. The van der Waals surface area contributed by atoms with Crippen molar-refractivity contribution in [1.82, 2.24) is 14.5 Å². The number of nitrogens with one attached hydrogen (secondary N) is 1. The van der Waals surface area contributed by atoms with Gasteiger partial charge in [-0.15, -0.1) is 5.10 Å². The van der Waals surface area contributed by atoms with Crippen molar-refractivity contribution < 1.29 is 31.8 Å². The quantitative estimate of drug-likeness (QED) is 0.354. The van der Waals surface area contributed by atoms with E-state index >= 15 is 0 Å². The summed E-state index contributed by atoms with van der Waals surface area (Å²) in [7, 11) is -3.63. The van der Waals surface area contributed by atoms with Crippen molar-refractivity contribution in [3.05, 3.63) is 42.0 Å². The van der Waals surface area contributed by atoms with Gasteiger partial charge in [-0.25, -0.2) is 8.42 Å². The number of benzene rings is 2. The Morgan fingerprint density at radius 2 is 1.64 bits per heavy atom. The molecule has 2 aromatic carbocycles. The molecule has 4 rings (SSSR count). The summed E-state index contributed by atoms with van der Waals surface area (Å²) in [5, 5.41) is 10.5. The molecule has 11 nitrogen and oxygen atoms in total. The van der Waals surface area contributed by atoms with Crippen LogP contribution in [0.3, 0.4) is 0 Å². The van der Waals surface area contributed by atoms with Crippen LogP contribution in [0, 0.1) is 0 Å². The molecule has 1 saturated heterocycles. The van der Waals surface area contributed by atoms with Crippen molar-refractivity contribution in [3.8, 4) is 28.7 Å². The Morgan fingerprint density at radius 1 is 1.00 bits per heavy atom. The van der Waals surface area contributed by atoms with Crippen LogP contribution in [-0.2, 0) is 10.0 Å². The highest BCUT2D eigenvalue weighted by molar-refractivity contribution is 7.89. The Hall–Kier alpha value is -3.64. The number of anilines is 1. The lowest BCUT2D eigenvalue weighted by Gasteiger charge is -2.32. The predicted octanol–water partition coefficient (Wildman–Crippen LogP) is 4.75. The van der Waals surface area contributed by atoms with Gasteiger partial charge in [0.15, 0.2) is 11.5 Å². The zero-order chi connectivity index (χ0) is 28.0. The van der Waals surface area contributed by atoms with E-state index < -0.39 is 15.9 Å². The lowest BCUT2D eigenvalue weighted by atomic mass is 10.1. The standard InChI is InChI=1S/C27H34N4O7S/c1-5-35-22-16-20(17-23(36-6-2)24(22)37-7-3)26-29-30-27(38-26)28-25(32)19-11-13-21(14-12-19)39(33,34)31-15-9-8-10-18(31)4/h11-14,16-18H,5-10,15H2,1-4H3,(H,28,30,32)/t18-/m1/s1. The molecule has 1 aromatic heterocycles. The van der Waals surface area contributed by atoms with Gasteiger partial charge in [0.25, 0.3) is 5.91 Å². The monoisotopic (exact) mass is 558 g/mol. The molecule has 0 saturated carbocycles. The van der Waals surface area contributed by atoms with Crippen LogP contribution in [0.1, 0.15) is 57.3 Å². The van der Waals surface area contributed by atoms with Gasteiger partial charge in [-0.3, -0.25) is 10.1 Å². The van der Waals surface area contributed by atoms with Gasteiger partial charge in [-0.05, 0) is 76.9 Å². The van der Waals surface area contributed by atoms with Crippen molar-refractivity contribution in [2.75, 3.05) is 31.7 Å². The van der Waals surface area contributed by atoms with Crippen molar-refractivity contribution in [2.24, 2.45) is 0 Å². The van der Waals surface area contributed by atoms with Crippen molar-refractivity contribution >= 4 is 21.9 Å². The van der Waals surface area contributed by atoms with E-state index in [0.717, 1.165) is 19.3 Å². The highest BCUT2D eigenvalue weighted by Crippen LogP contribution is 2.42. The first kappa shape index (κ1) is 28.4. The number of hydrogen-bond donors (Lipinski definition) is 1. The van der Waals surface area contributed by atoms with Crippen molar-refractivity contribution in [1.29, 1.82) is 0 Å². The lowest BCUT2D eigenvalue weighted by Crippen LogP contribution is -2.41. The molecule has 0 radical (unpaired) electrons. The number of carbonyl (C=O) groups is 1. The molecule has 0 bridgehead atoms. The second kappa shape index (κ2) is 12.5. The second-order valence-corrected chi connectivity index (χ2v) is 10.8. The maximum atomic E-state index is 13.1. The third kappa shape index (κ3) is 6.34. The Bertz CT molecular complexity index is 1360. The minimum atomic E-state index is -3.63. The minimum Gasteiger partial charge on any atom is -0.490 e. The maximum Gasteiger partial charge on any atom is 0.322 e. The third-order valence-electron chi connectivity index (χ3n) is 6.27. The molecule has 3 aromatic rings. The van der Waals surface area contributed by atoms with Gasteiger partial charge < -0.3 is 18.6 Å². The summed E-state index contributed by atoms with van der Waals surface area (Å²) in [6.07, 6.45) is 2.69. The van der Waals surface area contributed by atoms with Gasteiger partial charge in [0, 0.05) is 23.7 Å². The van der Waals surface area contributed by atoms with E-state index in [-0.39, 0.29) is 28.4 Å². The van der Waals surface area contributed by atoms with E-state index in [1.807, 2.05) is 27.7 Å². The first-order valence-corrected chi connectivity index (χ1v) is 14.6. The number of carbonyl (C=O) groups excluding carboxylic acids is 1. The summed E-state index contributed by atoms with van der Waals surface area (Å²) in [5.74, 6) is 1.05. The van der Waals surface area contributed by atoms with E-state index in [0.29, 0.717) is 49.2 Å². The number of amides is 1. The minimum absolute atomic E-state index is 0.0527. The zero-order valence-electron chi connectivity index (χ0n) is 22.6. The molecule has 210 valence electrons. The smallest absolute Gasteiger partial charge is 0.322 e.